The van der Waals surface area contributed by atoms with Crippen LogP contribution in [0.4, 0.5) is 0 Å². The summed E-state index contributed by atoms with van der Waals surface area (Å²) in [6.07, 6.45) is 3.69. The Morgan fingerprint density at radius 1 is 1.21 bits per heavy atom. The number of ketones is 2. The van der Waals surface area contributed by atoms with Crippen molar-refractivity contribution in [1.29, 1.82) is 0 Å². The van der Waals surface area contributed by atoms with Crippen molar-refractivity contribution >= 4 is 11.6 Å². The Kier molecular flexibility index (Phi) is 6.36. The number of hydrogen-bond acceptors (Lipinski definition) is 4. The van der Waals surface area contributed by atoms with E-state index in [0.29, 0.717) is 31.6 Å². The first-order valence-corrected chi connectivity index (χ1v) is 8.27. The van der Waals surface area contributed by atoms with Crippen molar-refractivity contribution < 1.29 is 19.1 Å². The average molecular weight is 328 g/mol. The summed E-state index contributed by atoms with van der Waals surface area (Å²) < 4.78 is 10.7. The van der Waals surface area contributed by atoms with Gasteiger partial charge in [-0.3, -0.25) is 9.59 Å². The molecule has 0 aromatic heterocycles. The van der Waals surface area contributed by atoms with Gasteiger partial charge in [-0.25, -0.2) is 0 Å². The smallest absolute Gasteiger partial charge is 0.170 e. The number of carbonyl (C=O) groups excluding carboxylic acids is 2. The van der Waals surface area contributed by atoms with E-state index in [1.165, 1.54) is 0 Å². The largest absolute Gasteiger partial charge is 0.497 e. The van der Waals surface area contributed by atoms with Crippen LogP contribution < -0.4 is 4.74 Å². The summed E-state index contributed by atoms with van der Waals surface area (Å²) >= 11 is 0. The maximum absolute atomic E-state index is 12.6. The van der Waals surface area contributed by atoms with Gasteiger partial charge in [0.25, 0.3) is 0 Å². The third-order valence-electron chi connectivity index (χ3n) is 4.14. The molecule has 0 N–H and O–H groups in total. The number of methoxy groups -OCH3 is 1. The Morgan fingerprint density at radius 3 is 2.33 bits per heavy atom. The lowest BCUT2D eigenvalue weighted by Gasteiger charge is -2.24. The molecule has 0 saturated heterocycles. The van der Waals surface area contributed by atoms with E-state index in [2.05, 4.69) is 6.58 Å². The second-order valence-corrected chi connectivity index (χ2v) is 5.87. The number of rotatable bonds is 7. The first-order valence-electron chi connectivity index (χ1n) is 8.27. The fraction of sp³-hybridized carbons (Fsp3) is 0.400. The van der Waals surface area contributed by atoms with Crippen LogP contribution >= 0.6 is 0 Å². The summed E-state index contributed by atoms with van der Waals surface area (Å²) in [4.78, 5) is 25.2. The number of benzene rings is 1. The van der Waals surface area contributed by atoms with E-state index in [9.17, 15) is 9.59 Å². The molecule has 1 fully saturated rings. The Balaban J connectivity index is 2.22. The monoisotopic (exact) mass is 328 g/mol. The summed E-state index contributed by atoms with van der Waals surface area (Å²) in [7, 11) is 1.61. The SMILES string of the molecule is C=CCOC(CCC)=C1C(=O)CC(c2ccc(OC)cc2)CC1=O. The summed E-state index contributed by atoms with van der Waals surface area (Å²) in [6.45, 7) is 5.92. The predicted octanol–water partition coefficient (Wildman–Crippen LogP) is 3.97. The van der Waals surface area contributed by atoms with Crippen molar-refractivity contribution in [3.8, 4) is 5.75 Å². The summed E-state index contributed by atoms with van der Waals surface area (Å²) in [5.74, 6) is 0.942. The maximum Gasteiger partial charge on any atom is 0.170 e. The van der Waals surface area contributed by atoms with Crippen LogP contribution in [0.1, 0.15) is 44.1 Å². The molecule has 1 aromatic rings. The highest BCUT2D eigenvalue weighted by atomic mass is 16.5. The van der Waals surface area contributed by atoms with Crippen molar-refractivity contribution in [2.75, 3.05) is 13.7 Å². The van der Waals surface area contributed by atoms with Crippen LogP contribution in [0.5, 0.6) is 5.75 Å². The third kappa shape index (κ3) is 4.13. The van der Waals surface area contributed by atoms with Gasteiger partial charge in [0.1, 0.15) is 18.1 Å². The molecule has 0 heterocycles. The molecule has 0 radical (unpaired) electrons. The number of allylic oxidation sites excluding steroid dienone is 2. The summed E-state index contributed by atoms with van der Waals surface area (Å²) in [6, 6.07) is 7.54. The molecule has 0 bridgehead atoms. The van der Waals surface area contributed by atoms with E-state index in [-0.39, 0.29) is 23.1 Å². The lowest BCUT2D eigenvalue weighted by Crippen LogP contribution is -2.26. The summed E-state index contributed by atoms with van der Waals surface area (Å²) in [5, 5.41) is 0. The van der Waals surface area contributed by atoms with E-state index < -0.39 is 0 Å². The molecule has 0 aliphatic heterocycles. The molecule has 4 nitrogen and oxygen atoms in total. The zero-order valence-electron chi connectivity index (χ0n) is 14.3. The van der Waals surface area contributed by atoms with Crippen molar-refractivity contribution in [2.45, 2.75) is 38.5 Å². The second-order valence-electron chi connectivity index (χ2n) is 5.87. The minimum Gasteiger partial charge on any atom is -0.497 e. The lowest BCUT2D eigenvalue weighted by molar-refractivity contribution is -0.124. The number of Topliss-reactive ketones (excluding diaryl/α,β-unsaturated/α-hetero) is 2. The van der Waals surface area contributed by atoms with Crippen LogP contribution in [-0.2, 0) is 14.3 Å². The Bertz CT molecular complexity index is 620. The van der Waals surface area contributed by atoms with Gasteiger partial charge in [0.05, 0.1) is 12.7 Å². The molecule has 1 saturated carbocycles. The molecule has 0 atom stereocenters. The minimum absolute atomic E-state index is 0.0815. The normalized spacial score (nSPS) is 17.6. The highest BCUT2D eigenvalue weighted by Gasteiger charge is 2.34. The van der Waals surface area contributed by atoms with Crippen molar-refractivity contribution in [3.05, 3.63) is 53.8 Å². The molecule has 0 amide bonds. The van der Waals surface area contributed by atoms with Crippen LogP contribution in [-0.4, -0.2) is 25.3 Å². The Hall–Kier alpha value is -2.36. The van der Waals surface area contributed by atoms with Crippen molar-refractivity contribution in [2.24, 2.45) is 0 Å². The Labute approximate surface area is 143 Å². The van der Waals surface area contributed by atoms with Gasteiger partial charge in [-0.2, -0.15) is 0 Å². The number of ether oxygens (including phenoxy) is 2. The van der Waals surface area contributed by atoms with Crippen LogP contribution in [0, 0.1) is 0 Å². The molecule has 1 aromatic carbocycles. The molecular weight excluding hydrogens is 304 g/mol. The van der Waals surface area contributed by atoms with Crippen LogP contribution in [0.25, 0.3) is 0 Å². The first kappa shape index (κ1) is 18.0. The van der Waals surface area contributed by atoms with Crippen molar-refractivity contribution in [3.63, 3.8) is 0 Å². The zero-order valence-corrected chi connectivity index (χ0v) is 14.3. The van der Waals surface area contributed by atoms with Gasteiger partial charge >= 0.3 is 0 Å². The molecule has 128 valence electrons. The summed E-state index contributed by atoms with van der Waals surface area (Å²) in [5.41, 5.74) is 1.24. The molecule has 2 rings (SSSR count). The van der Waals surface area contributed by atoms with E-state index in [1.54, 1.807) is 13.2 Å². The third-order valence-corrected chi connectivity index (χ3v) is 4.14. The van der Waals surface area contributed by atoms with Gasteiger partial charge in [-0.1, -0.05) is 31.7 Å². The molecule has 0 spiro atoms. The second kappa shape index (κ2) is 8.48. The number of hydrogen-bond donors (Lipinski definition) is 0. The zero-order chi connectivity index (χ0) is 17.5. The molecule has 1 aliphatic carbocycles. The van der Waals surface area contributed by atoms with E-state index >= 15 is 0 Å². The fourth-order valence-electron chi connectivity index (χ4n) is 2.96. The van der Waals surface area contributed by atoms with Crippen LogP contribution in [0.2, 0.25) is 0 Å². The van der Waals surface area contributed by atoms with Crippen LogP contribution in [0.15, 0.2) is 48.3 Å². The highest BCUT2D eigenvalue weighted by molar-refractivity contribution is 6.22. The molecule has 0 unspecified atom stereocenters. The standard InChI is InChI=1S/C20H24O4/c1-4-6-19(24-11-5-2)20-17(21)12-15(13-18(20)22)14-7-9-16(23-3)10-8-14/h5,7-10,15H,2,4,6,11-13H2,1,3H3. The highest BCUT2D eigenvalue weighted by Crippen LogP contribution is 2.34. The Morgan fingerprint density at radius 2 is 1.83 bits per heavy atom. The van der Waals surface area contributed by atoms with Gasteiger partial charge in [-0.15, -0.1) is 0 Å². The van der Waals surface area contributed by atoms with Gasteiger partial charge in [0.15, 0.2) is 11.6 Å². The quantitative estimate of drug-likeness (QED) is 0.329. The average Bonchev–Trinajstić information content (AvgIpc) is 2.59. The number of carbonyl (C=O) groups is 2. The topological polar surface area (TPSA) is 52.6 Å². The van der Waals surface area contributed by atoms with E-state index in [0.717, 1.165) is 17.7 Å². The maximum atomic E-state index is 12.6. The van der Waals surface area contributed by atoms with Gasteiger partial charge in [0, 0.05) is 19.3 Å². The van der Waals surface area contributed by atoms with E-state index in [1.807, 2.05) is 31.2 Å². The minimum atomic E-state index is -0.125. The predicted molar refractivity (Wildman–Crippen MR) is 93.1 cm³/mol. The lowest BCUT2D eigenvalue weighted by atomic mass is 9.79. The van der Waals surface area contributed by atoms with E-state index in [4.69, 9.17) is 9.47 Å². The molecular formula is C20H24O4. The van der Waals surface area contributed by atoms with Gasteiger partial charge in [-0.05, 0) is 30.0 Å². The van der Waals surface area contributed by atoms with Gasteiger partial charge < -0.3 is 9.47 Å². The first-order chi connectivity index (χ1) is 11.6. The molecule has 24 heavy (non-hydrogen) atoms. The molecule has 1 aliphatic rings. The van der Waals surface area contributed by atoms with Gasteiger partial charge in [0.2, 0.25) is 0 Å². The fourth-order valence-corrected chi connectivity index (χ4v) is 2.96. The van der Waals surface area contributed by atoms with Crippen molar-refractivity contribution in [1.82, 2.24) is 0 Å². The van der Waals surface area contributed by atoms with Crippen LogP contribution in [0.3, 0.4) is 0 Å². The molecule has 4 heteroatoms.